The van der Waals surface area contributed by atoms with Crippen molar-refractivity contribution in [3.05, 3.63) is 35.4 Å². The number of piperidine rings is 1. The normalized spacial score (nSPS) is 23.1. The molecule has 3 fully saturated rings. The highest BCUT2D eigenvalue weighted by Gasteiger charge is 2.34. The summed E-state index contributed by atoms with van der Waals surface area (Å²) < 4.78 is 5.97. The van der Waals surface area contributed by atoms with E-state index < -0.39 is 0 Å². The van der Waals surface area contributed by atoms with Gasteiger partial charge in [-0.2, -0.15) is 0 Å². The van der Waals surface area contributed by atoms with Crippen molar-refractivity contribution in [2.75, 3.05) is 26.2 Å². The summed E-state index contributed by atoms with van der Waals surface area (Å²) in [5.41, 5.74) is 5.35. The van der Waals surface area contributed by atoms with Gasteiger partial charge in [-0.25, -0.2) is 0 Å². The maximum atomic E-state index is 9.79. The van der Waals surface area contributed by atoms with Crippen LogP contribution in [0.5, 0.6) is 5.75 Å². The van der Waals surface area contributed by atoms with Crippen molar-refractivity contribution in [1.29, 1.82) is 0 Å². The Balaban J connectivity index is 0.000000649. The number of likely N-dealkylation sites (tertiary alicyclic amines) is 1. The minimum atomic E-state index is 0.355. The number of nitrogens with zero attached hydrogens (tertiary/aromatic N) is 2. The highest BCUT2D eigenvalue weighted by atomic mass is 16.5. The summed E-state index contributed by atoms with van der Waals surface area (Å²) in [4.78, 5) is 17.8. The van der Waals surface area contributed by atoms with Crippen molar-refractivity contribution in [3.63, 3.8) is 0 Å². The summed E-state index contributed by atoms with van der Waals surface area (Å²) in [6, 6.07) is 7.03. The first-order chi connectivity index (χ1) is 19.1. The van der Waals surface area contributed by atoms with Crippen LogP contribution in [0.25, 0.3) is 5.57 Å². The molecule has 0 N–H and O–H groups in total. The van der Waals surface area contributed by atoms with Crippen molar-refractivity contribution in [2.24, 2.45) is 28.2 Å². The van der Waals surface area contributed by atoms with Crippen LogP contribution in [-0.2, 0) is 4.79 Å². The Morgan fingerprint density at radius 3 is 2.35 bits per heavy atom. The van der Waals surface area contributed by atoms with Gasteiger partial charge in [0.15, 0.2) is 0 Å². The molecule has 2 unspecified atom stereocenters. The lowest BCUT2D eigenvalue weighted by molar-refractivity contribution is -0.113. The molecule has 1 heterocycles. The molecule has 1 saturated heterocycles. The summed E-state index contributed by atoms with van der Waals surface area (Å²) in [6.45, 7) is 20.1. The van der Waals surface area contributed by atoms with Gasteiger partial charge < -0.3 is 9.53 Å². The summed E-state index contributed by atoms with van der Waals surface area (Å²) in [5, 5.41) is 0. The molecule has 40 heavy (non-hydrogen) atoms. The second kappa shape index (κ2) is 15.9. The topological polar surface area (TPSA) is 41.9 Å². The van der Waals surface area contributed by atoms with Gasteiger partial charge in [-0.05, 0) is 107 Å². The highest BCUT2D eigenvalue weighted by Crippen LogP contribution is 2.37. The number of unbranched alkanes of at least 4 members (excludes halogenated alkanes) is 1. The molecule has 2 aliphatic carbocycles. The van der Waals surface area contributed by atoms with Crippen LogP contribution in [0.3, 0.4) is 0 Å². The molecule has 1 aromatic rings. The molecule has 224 valence electrons. The number of carbonyl (C=O) groups excluding carboxylic acids is 1. The molecule has 0 radical (unpaired) electrons. The Bertz CT molecular complexity index is 981. The number of hydrogen-bond donors (Lipinski definition) is 0. The van der Waals surface area contributed by atoms with E-state index in [9.17, 15) is 4.79 Å². The molecule has 1 aromatic carbocycles. The van der Waals surface area contributed by atoms with Crippen LogP contribution in [0, 0.1) is 30.1 Å². The Morgan fingerprint density at radius 1 is 1.10 bits per heavy atom. The van der Waals surface area contributed by atoms with Crippen LogP contribution < -0.4 is 4.74 Å². The fourth-order valence-electron chi connectivity index (χ4n) is 6.00. The van der Waals surface area contributed by atoms with Crippen LogP contribution in [0.2, 0.25) is 0 Å². The fourth-order valence-corrected chi connectivity index (χ4v) is 6.00. The van der Waals surface area contributed by atoms with E-state index in [1.54, 1.807) is 0 Å². The largest absolute Gasteiger partial charge is 0.493 e. The Kier molecular flexibility index (Phi) is 12.9. The molecule has 2 atom stereocenters. The Morgan fingerprint density at radius 2 is 1.82 bits per heavy atom. The van der Waals surface area contributed by atoms with Crippen LogP contribution in [-0.4, -0.2) is 49.2 Å². The minimum Gasteiger partial charge on any atom is -0.493 e. The van der Waals surface area contributed by atoms with Gasteiger partial charge in [0, 0.05) is 36.8 Å². The van der Waals surface area contributed by atoms with Gasteiger partial charge in [0.05, 0.1) is 12.6 Å². The Labute approximate surface area is 246 Å². The zero-order chi connectivity index (χ0) is 29.1. The van der Waals surface area contributed by atoms with E-state index in [-0.39, 0.29) is 0 Å². The van der Waals surface area contributed by atoms with Gasteiger partial charge in [0.1, 0.15) is 12.0 Å². The molecule has 3 aliphatic rings. The number of ether oxygens (including phenoxy) is 1. The number of hydrogen-bond acceptors (Lipinski definition) is 4. The second-order valence-electron chi connectivity index (χ2n) is 13.8. The van der Waals surface area contributed by atoms with Gasteiger partial charge in [-0.1, -0.05) is 58.6 Å². The summed E-state index contributed by atoms with van der Waals surface area (Å²) in [6.07, 6.45) is 16.2. The number of rotatable bonds is 11. The number of aldehydes is 1. The predicted molar refractivity (Wildman–Crippen MR) is 171 cm³/mol. The van der Waals surface area contributed by atoms with Crippen molar-refractivity contribution in [2.45, 2.75) is 119 Å². The quantitative estimate of drug-likeness (QED) is 0.204. The molecular formula is C36H58N2O2. The van der Waals surface area contributed by atoms with Crippen molar-refractivity contribution in [1.82, 2.24) is 4.90 Å². The SMILES string of the molecule is CCCCC1CC(C(C)(C)C)CN(CC(/C=C(\C)c2cc(C)ccc2OCC)=NC2CCC2)C1.O=CC1CCC1. The van der Waals surface area contributed by atoms with Crippen molar-refractivity contribution < 1.29 is 9.53 Å². The van der Waals surface area contributed by atoms with E-state index >= 15 is 0 Å². The standard InChI is InChI=1S/C31H50N2O.C5H8O/c1-8-10-12-25-19-26(31(5,6)7)21-33(20-25)22-28(32-27-13-11-14-27)18-24(4)29-17-23(3)15-16-30(29)34-9-2;6-4-5-2-1-3-5/h15-18,25-27H,8-14,19-22H2,1-7H3;4-5H,1-3H2/b24-18+,32-28?;. The predicted octanol–water partition coefficient (Wildman–Crippen LogP) is 8.95. The van der Waals surface area contributed by atoms with Crippen LogP contribution in [0.1, 0.15) is 117 Å². The molecule has 4 nitrogen and oxygen atoms in total. The highest BCUT2D eigenvalue weighted by molar-refractivity contribution is 6.02. The minimum absolute atomic E-state index is 0.355. The third-order valence-corrected chi connectivity index (χ3v) is 9.20. The van der Waals surface area contributed by atoms with Crippen LogP contribution in [0.4, 0.5) is 0 Å². The molecule has 4 rings (SSSR count). The zero-order valence-electron chi connectivity index (χ0n) is 26.8. The van der Waals surface area contributed by atoms with E-state index in [0.717, 1.165) is 43.3 Å². The van der Waals surface area contributed by atoms with E-state index in [4.69, 9.17) is 9.73 Å². The molecule has 4 heteroatoms. The van der Waals surface area contributed by atoms with Crippen molar-refractivity contribution >= 4 is 17.6 Å². The van der Waals surface area contributed by atoms with E-state index in [1.165, 1.54) is 86.9 Å². The molecule has 0 amide bonds. The Hall–Kier alpha value is -1.94. The third kappa shape index (κ3) is 10.2. The van der Waals surface area contributed by atoms with Gasteiger partial charge in [-0.3, -0.25) is 9.89 Å². The second-order valence-corrected chi connectivity index (χ2v) is 13.8. The summed E-state index contributed by atoms with van der Waals surface area (Å²) in [5.74, 6) is 2.98. The number of aliphatic imine (C=N–C) groups is 1. The van der Waals surface area contributed by atoms with Gasteiger partial charge >= 0.3 is 0 Å². The monoisotopic (exact) mass is 550 g/mol. The third-order valence-electron chi connectivity index (χ3n) is 9.20. The van der Waals surface area contributed by atoms with E-state index in [0.29, 0.717) is 24.0 Å². The molecule has 0 aromatic heterocycles. The lowest BCUT2D eigenvalue weighted by Gasteiger charge is -2.43. The number of allylic oxidation sites excluding steroid dienone is 1. The molecule has 1 aliphatic heterocycles. The van der Waals surface area contributed by atoms with E-state index in [1.807, 2.05) is 0 Å². The number of carbonyl (C=O) groups is 1. The van der Waals surface area contributed by atoms with E-state index in [2.05, 4.69) is 77.6 Å². The van der Waals surface area contributed by atoms with Gasteiger partial charge in [0.2, 0.25) is 0 Å². The summed E-state index contributed by atoms with van der Waals surface area (Å²) in [7, 11) is 0. The lowest BCUT2D eigenvalue weighted by atomic mass is 9.72. The number of benzene rings is 1. The van der Waals surface area contributed by atoms with Crippen LogP contribution in [0.15, 0.2) is 29.3 Å². The van der Waals surface area contributed by atoms with Gasteiger partial charge in [0.25, 0.3) is 0 Å². The average Bonchev–Trinajstić information content (AvgIpc) is 2.85. The molecule has 0 spiro atoms. The first kappa shape index (κ1) is 32.6. The van der Waals surface area contributed by atoms with Crippen LogP contribution >= 0.6 is 0 Å². The molecule has 0 bridgehead atoms. The van der Waals surface area contributed by atoms with Gasteiger partial charge in [-0.15, -0.1) is 0 Å². The first-order valence-corrected chi connectivity index (χ1v) is 16.3. The zero-order valence-corrected chi connectivity index (χ0v) is 26.8. The van der Waals surface area contributed by atoms with Crippen molar-refractivity contribution in [3.8, 4) is 5.75 Å². The lowest BCUT2D eigenvalue weighted by Crippen LogP contribution is -2.46. The maximum absolute atomic E-state index is 9.79. The maximum Gasteiger partial charge on any atom is 0.126 e. The smallest absolute Gasteiger partial charge is 0.126 e. The molecule has 2 saturated carbocycles. The number of aryl methyl sites for hydroxylation is 1. The first-order valence-electron chi connectivity index (χ1n) is 16.3. The summed E-state index contributed by atoms with van der Waals surface area (Å²) >= 11 is 0. The molecular weight excluding hydrogens is 492 g/mol. The fraction of sp³-hybridized carbons (Fsp3) is 0.722. The average molecular weight is 551 g/mol.